The van der Waals surface area contributed by atoms with Gasteiger partial charge in [0.1, 0.15) is 11.2 Å². The third-order valence-electron chi connectivity index (χ3n) is 2.69. The van der Waals surface area contributed by atoms with Crippen molar-refractivity contribution in [1.82, 2.24) is 4.90 Å². The lowest BCUT2D eigenvalue weighted by atomic mass is 9.93. The van der Waals surface area contributed by atoms with E-state index in [-0.39, 0.29) is 11.5 Å². The number of hydrogen-bond donors (Lipinski definition) is 0. The third-order valence-corrected chi connectivity index (χ3v) is 2.91. The minimum Gasteiger partial charge on any atom is -0.449 e. The lowest BCUT2D eigenvalue weighted by molar-refractivity contribution is -0.140. The summed E-state index contributed by atoms with van der Waals surface area (Å²) in [5, 5.41) is 0. The fourth-order valence-corrected chi connectivity index (χ4v) is 2.12. The predicted molar refractivity (Wildman–Crippen MR) is 52.3 cm³/mol. The van der Waals surface area contributed by atoms with Crippen molar-refractivity contribution in [1.29, 1.82) is 0 Å². The smallest absolute Gasteiger partial charge is 0.355 e. The lowest BCUT2D eigenvalue weighted by Crippen LogP contribution is -2.50. The van der Waals surface area contributed by atoms with Gasteiger partial charge in [-0.1, -0.05) is 6.08 Å². The summed E-state index contributed by atoms with van der Waals surface area (Å²) in [4.78, 5) is 13.6. The number of esters is 1. The molecule has 0 aliphatic carbocycles. The summed E-state index contributed by atoms with van der Waals surface area (Å²) < 4.78 is 4.90. The number of rotatable bonds is 2. The number of fused-ring (bicyclic) bond motifs is 1. The zero-order valence-corrected chi connectivity index (χ0v) is 8.92. The summed E-state index contributed by atoms with van der Waals surface area (Å²) in [6.45, 7) is 1.01. The zero-order chi connectivity index (χ0) is 9.26. The molecule has 13 heavy (non-hydrogen) atoms. The van der Waals surface area contributed by atoms with E-state index in [9.17, 15) is 4.79 Å². The summed E-state index contributed by atoms with van der Waals surface area (Å²) in [6.07, 6.45) is 5.40. The summed E-state index contributed by atoms with van der Waals surface area (Å²) in [5.41, 5.74) is 1.05. The van der Waals surface area contributed by atoms with E-state index in [1.807, 2.05) is 6.08 Å². The molecule has 0 amide bonds. The molecule has 0 spiro atoms. The van der Waals surface area contributed by atoms with Gasteiger partial charge in [-0.25, -0.2) is 4.79 Å². The standard InChI is InChI=1S/C9H12BrNO2/c10-6-13-9(12)8-3-1-2-7-4-5-11(7)8/h3,7H,1-2,4-6H2. The molecule has 0 saturated carbocycles. The first-order valence-corrected chi connectivity index (χ1v) is 5.65. The molecule has 0 aromatic carbocycles. The molecular formula is C9H12BrNO2. The largest absolute Gasteiger partial charge is 0.449 e. The van der Waals surface area contributed by atoms with Crippen molar-refractivity contribution in [3.63, 3.8) is 0 Å². The van der Waals surface area contributed by atoms with E-state index in [0.29, 0.717) is 6.04 Å². The van der Waals surface area contributed by atoms with E-state index in [4.69, 9.17) is 4.74 Å². The van der Waals surface area contributed by atoms with E-state index in [1.165, 1.54) is 12.8 Å². The zero-order valence-electron chi connectivity index (χ0n) is 7.33. The number of ether oxygens (including phenoxy) is 1. The Kier molecular flexibility index (Phi) is 2.58. The van der Waals surface area contributed by atoms with Gasteiger partial charge in [-0.15, -0.1) is 0 Å². The number of allylic oxidation sites excluding steroid dienone is 1. The Morgan fingerprint density at radius 2 is 2.54 bits per heavy atom. The van der Waals surface area contributed by atoms with Crippen LogP contribution in [-0.4, -0.2) is 29.0 Å². The summed E-state index contributed by atoms with van der Waals surface area (Å²) in [5.74, 6) is -0.193. The van der Waals surface area contributed by atoms with Crippen LogP contribution in [0.25, 0.3) is 0 Å². The van der Waals surface area contributed by atoms with Gasteiger partial charge in [-0.2, -0.15) is 0 Å². The molecule has 1 unspecified atom stereocenters. The molecule has 0 N–H and O–H groups in total. The minimum atomic E-state index is -0.193. The Bertz CT molecular complexity index is 252. The number of halogens is 1. The molecule has 0 bridgehead atoms. The predicted octanol–water partition coefficient (Wildman–Crippen LogP) is 1.63. The average Bonchev–Trinajstić information content (AvgIpc) is 2.07. The Labute approximate surface area is 85.9 Å². The van der Waals surface area contributed by atoms with E-state index in [1.54, 1.807) is 0 Å². The van der Waals surface area contributed by atoms with Gasteiger partial charge in [0.2, 0.25) is 0 Å². The molecule has 0 radical (unpaired) electrons. The summed E-state index contributed by atoms with van der Waals surface area (Å²) in [7, 11) is 0. The minimum absolute atomic E-state index is 0.193. The molecule has 2 heterocycles. The van der Waals surface area contributed by atoms with Crippen LogP contribution in [0.3, 0.4) is 0 Å². The second-order valence-corrected chi connectivity index (χ2v) is 3.80. The molecule has 1 fully saturated rings. The first kappa shape index (κ1) is 9.06. The van der Waals surface area contributed by atoms with Crippen LogP contribution in [0.15, 0.2) is 11.8 Å². The molecule has 0 aromatic heterocycles. The number of carbonyl (C=O) groups excluding carboxylic acids is 1. The van der Waals surface area contributed by atoms with Gasteiger partial charge in [0, 0.05) is 12.6 Å². The number of alkyl halides is 1. The maximum atomic E-state index is 11.4. The highest BCUT2D eigenvalue weighted by molar-refractivity contribution is 9.09. The molecule has 2 aliphatic rings. The van der Waals surface area contributed by atoms with Crippen LogP contribution in [0.5, 0.6) is 0 Å². The molecule has 2 rings (SSSR count). The number of hydrogen-bond acceptors (Lipinski definition) is 3. The van der Waals surface area contributed by atoms with Crippen molar-refractivity contribution in [3.8, 4) is 0 Å². The van der Waals surface area contributed by atoms with Crippen LogP contribution in [-0.2, 0) is 9.53 Å². The topological polar surface area (TPSA) is 29.5 Å². The summed E-state index contributed by atoms with van der Waals surface area (Å²) in [6, 6.07) is 0.600. The van der Waals surface area contributed by atoms with Gasteiger partial charge in [-0.05, 0) is 35.2 Å². The molecule has 4 heteroatoms. The highest BCUT2D eigenvalue weighted by Gasteiger charge is 2.34. The second-order valence-electron chi connectivity index (χ2n) is 3.34. The fourth-order valence-electron chi connectivity index (χ4n) is 1.91. The normalized spacial score (nSPS) is 25.8. The molecule has 0 aromatic rings. The monoisotopic (exact) mass is 245 g/mol. The maximum absolute atomic E-state index is 11.4. The van der Waals surface area contributed by atoms with Gasteiger partial charge in [0.05, 0.1) is 0 Å². The highest BCUT2D eigenvalue weighted by Crippen LogP contribution is 2.31. The quantitative estimate of drug-likeness (QED) is 0.548. The van der Waals surface area contributed by atoms with Crippen molar-refractivity contribution in [2.75, 3.05) is 12.1 Å². The van der Waals surface area contributed by atoms with Crippen molar-refractivity contribution in [2.24, 2.45) is 0 Å². The van der Waals surface area contributed by atoms with Crippen LogP contribution in [0.2, 0.25) is 0 Å². The lowest BCUT2D eigenvalue weighted by Gasteiger charge is -2.45. The highest BCUT2D eigenvalue weighted by atomic mass is 79.9. The first-order valence-electron chi connectivity index (χ1n) is 4.53. The van der Waals surface area contributed by atoms with Gasteiger partial charge in [-0.3, -0.25) is 0 Å². The Balaban J connectivity index is 2.04. The SMILES string of the molecule is O=C(OCBr)C1=CCCC2CCN12. The third kappa shape index (κ3) is 1.59. The van der Waals surface area contributed by atoms with Crippen molar-refractivity contribution in [2.45, 2.75) is 25.3 Å². The first-order chi connectivity index (χ1) is 6.33. The van der Waals surface area contributed by atoms with Crippen LogP contribution in [0.4, 0.5) is 0 Å². The molecule has 72 valence electrons. The molecular weight excluding hydrogens is 234 g/mol. The van der Waals surface area contributed by atoms with Crippen LogP contribution >= 0.6 is 15.9 Å². The van der Waals surface area contributed by atoms with Crippen LogP contribution < -0.4 is 0 Å². The second kappa shape index (κ2) is 3.70. The maximum Gasteiger partial charge on any atom is 0.355 e. The molecule has 3 nitrogen and oxygen atoms in total. The fraction of sp³-hybridized carbons (Fsp3) is 0.667. The van der Waals surface area contributed by atoms with E-state index in [0.717, 1.165) is 18.7 Å². The Hall–Kier alpha value is -0.510. The van der Waals surface area contributed by atoms with Gasteiger partial charge < -0.3 is 9.64 Å². The molecule has 2 aliphatic heterocycles. The Morgan fingerprint density at radius 1 is 1.69 bits per heavy atom. The summed E-state index contributed by atoms with van der Waals surface area (Å²) >= 11 is 3.08. The van der Waals surface area contributed by atoms with Gasteiger partial charge >= 0.3 is 5.97 Å². The number of nitrogens with zero attached hydrogens (tertiary/aromatic N) is 1. The van der Waals surface area contributed by atoms with Gasteiger partial charge in [0.25, 0.3) is 0 Å². The van der Waals surface area contributed by atoms with Crippen molar-refractivity contribution in [3.05, 3.63) is 11.8 Å². The van der Waals surface area contributed by atoms with Gasteiger partial charge in [0.15, 0.2) is 0 Å². The molecule has 1 atom stereocenters. The average molecular weight is 246 g/mol. The van der Waals surface area contributed by atoms with Crippen molar-refractivity contribution < 1.29 is 9.53 Å². The van der Waals surface area contributed by atoms with E-state index >= 15 is 0 Å². The van der Waals surface area contributed by atoms with E-state index in [2.05, 4.69) is 20.8 Å². The van der Waals surface area contributed by atoms with E-state index < -0.39 is 0 Å². The Morgan fingerprint density at radius 3 is 3.15 bits per heavy atom. The van der Waals surface area contributed by atoms with Crippen LogP contribution in [0, 0.1) is 0 Å². The van der Waals surface area contributed by atoms with Crippen molar-refractivity contribution >= 4 is 21.9 Å². The van der Waals surface area contributed by atoms with Crippen LogP contribution in [0.1, 0.15) is 19.3 Å². The molecule has 1 saturated heterocycles. The number of carbonyl (C=O) groups is 1.